The zero-order chi connectivity index (χ0) is 41.8. The van der Waals surface area contributed by atoms with Crippen molar-refractivity contribution < 1.29 is 23.4 Å². The second-order valence-electron chi connectivity index (χ2n) is 17.1. The molecule has 0 aromatic carbocycles. The van der Waals surface area contributed by atoms with Gasteiger partial charge in [-0.05, 0) is 0 Å². The van der Waals surface area contributed by atoms with Gasteiger partial charge in [-0.1, -0.05) is 0 Å². The van der Waals surface area contributed by atoms with Gasteiger partial charge in [-0.2, -0.15) is 0 Å². The van der Waals surface area contributed by atoms with Crippen molar-refractivity contribution in [2.45, 2.75) is 256 Å². The Hall–Kier alpha value is -0.772. The fraction of sp³-hybridized carbons (Fsp3) is 0.938. The van der Waals surface area contributed by atoms with Gasteiger partial charge in [-0.25, -0.2) is 0 Å². The van der Waals surface area contributed by atoms with Crippen LogP contribution in [0.1, 0.15) is 256 Å². The molecule has 6 atom stereocenters. The van der Waals surface area contributed by atoms with Crippen LogP contribution in [0.3, 0.4) is 0 Å². The summed E-state index contributed by atoms with van der Waals surface area (Å²) in [5.74, 6) is -0.375. The van der Waals surface area contributed by atoms with E-state index in [0.29, 0.717) is 19.3 Å². The zero-order valence-corrected chi connectivity index (χ0v) is 41.3. The van der Waals surface area contributed by atoms with E-state index < -0.39 is 37.7 Å². The molecule has 7 heteroatoms. The molecule has 0 fully saturated rings. The summed E-state index contributed by atoms with van der Waals surface area (Å²) in [5.41, 5.74) is -2.10. The van der Waals surface area contributed by atoms with Crippen LogP contribution in [0.25, 0.3) is 0 Å². The third-order valence-corrected chi connectivity index (χ3v) is 16.2. The summed E-state index contributed by atoms with van der Waals surface area (Å²) in [6.07, 6.45) is 25.0. The predicted molar refractivity (Wildman–Crippen MR) is 235 cm³/mol. The van der Waals surface area contributed by atoms with Gasteiger partial charge in [-0.15, -0.1) is 0 Å². The Morgan fingerprint density at radius 1 is 0.364 bits per heavy atom. The summed E-state index contributed by atoms with van der Waals surface area (Å²) in [6.45, 7) is 26.1. The van der Waals surface area contributed by atoms with Crippen LogP contribution in [0.4, 0.5) is 0 Å². The van der Waals surface area contributed by atoms with Crippen molar-refractivity contribution in [2.75, 3.05) is 0 Å². The maximum absolute atomic E-state index is 15.0. The first-order chi connectivity index (χ1) is 26.5. The number of carbonyl (C=O) groups is 3. The van der Waals surface area contributed by atoms with E-state index in [2.05, 4.69) is 83.1 Å². The second-order valence-corrected chi connectivity index (χ2v) is 19.9. The summed E-state index contributed by atoms with van der Waals surface area (Å²) in [5, 5.41) is 0. The molecule has 0 aliphatic heterocycles. The normalized spacial score (nSPS) is 16.7. The molecule has 0 spiro atoms. The van der Waals surface area contributed by atoms with Crippen LogP contribution in [-0.4, -0.2) is 39.4 Å². The molecule has 0 amide bonds. The van der Waals surface area contributed by atoms with Crippen molar-refractivity contribution in [3.8, 4) is 0 Å². The van der Waals surface area contributed by atoms with Gasteiger partial charge in [0, 0.05) is 0 Å². The van der Waals surface area contributed by atoms with Crippen molar-refractivity contribution in [3.63, 3.8) is 0 Å². The molecule has 0 heterocycles. The summed E-state index contributed by atoms with van der Waals surface area (Å²) >= 11 is -4.29. The molecule has 0 aromatic heterocycles. The number of hydrogen-bond acceptors (Lipinski definition) is 6. The van der Waals surface area contributed by atoms with E-state index in [1.165, 1.54) is 0 Å². The molecule has 6 nitrogen and oxygen atoms in total. The van der Waals surface area contributed by atoms with Crippen molar-refractivity contribution in [3.05, 3.63) is 0 Å². The molecule has 326 valence electrons. The fourth-order valence-electron chi connectivity index (χ4n) is 9.74. The van der Waals surface area contributed by atoms with Crippen LogP contribution in [0, 0.1) is 34.0 Å². The monoisotopic (exact) mass is 887 g/mol. The summed E-state index contributed by atoms with van der Waals surface area (Å²) in [7, 11) is 0. The second kappa shape index (κ2) is 31.2. The van der Waals surface area contributed by atoms with Crippen LogP contribution in [0.15, 0.2) is 0 Å². The first-order valence-corrected chi connectivity index (χ1v) is 27.1. The van der Waals surface area contributed by atoms with Gasteiger partial charge < -0.3 is 0 Å². The van der Waals surface area contributed by atoms with Gasteiger partial charge in [0.15, 0.2) is 0 Å². The predicted octanol–water partition coefficient (Wildman–Crippen LogP) is 15.2. The van der Waals surface area contributed by atoms with E-state index in [1.54, 1.807) is 0 Å². The van der Waals surface area contributed by atoms with Crippen LogP contribution < -0.4 is 0 Å². The standard InChI is InChI=1S/3C16H32O2.Sb/c3*1-5-9-12-14(11-7-3)16(8-4,15(17)18)13-10-6-2;/h3*14H,5-13H2,1-4H3,(H,17,18);/q;;;+3/p-3. The van der Waals surface area contributed by atoms with Gasteiger partial charge in [0.05, 0.1) is 0 Å². The van der Waals surface area contributed by atoms with Crippen LogP contribution in [0.5, 0.6) is 0 Å². The average Bonchev–Trinajstić information content (AvgIpc) is 3.18. The summed E-state index contributed by atoms with van der Waals surface area (Å²) in [4.78, 5) is 45.1. The SMILES string of the molecule is CCCCC(CCC)C(CC)(CCCC)C(=O)[O][Sb]([O]C(=O)C(CC)(CCCC)C(CCC)CCCC)[O]C(=O)C(CC)(CCCC)C(CCC)CCCC. The van der Waals surface area contributed by atoms with Crippen molar-refractivity contribution in [1.82, 2.24) is 0 Å². The Labute approximate surface area is 351 Å². The van der Waals surface area contributed by atoms with E-state index in [0.717, 1.165) is 154 Å². The van der Waals surface area contributed by atoms with Gasteiger partial charge in [0.2, 0.25) is 0 Å². The molecule has 0 radical (unpaired) electrons. The molecule has 6 unspecified atom stereocenters. The van der Waals surface area contributed by atoms with Gasteiger partial charge in [0.25, 0.3) is 0 Å². The Balaban J connectivity index is 7.59. The number of rotatable bonds is 36. The fourth-order valence-corrected chi connectivity index (χ4v) is 12.8. The Bertz CT molecular complexity index is 879. The molecule has 0 N–H and O–H groups in total. The van der Waals surface area contributed by atoms with Crippen molar-refractivity contribution in [2.24, 2.45) is 34.0 Å². The van der Waals surface area contributed by atoms with Crippen molar-refractivity contribution in [1.29, 1.82) is 0 Å². The molecule has 0 saturated heterocycles. The molecule has 0 aliphatic rings. The Morgan fingerprint density at radius 3 is 0.782 bits per heavy atom. The van der Waals surface area contributed by atoms with Gasteiger partial charge in [-0.3, -0.25) is 0 Å². The Morgan fingerprint density at radius 2 is 0.600 bits per heavy atom. The third kappa shape index (κ3) is 16.4. The topological polar surface area (TPSA) is 78.9 Å². The third-order valence-electron chi connectivity index (χ3n) is 13.5. The molecule has 0 aliphatic carbocycles. The van der Waals surface area contributed by atoms with E-state index in [9.17, 15) is 0 Å². The molecule has 0 rings (SSSR count). The minimum absolute atomic E-state index is 0.166. The van der Waals surface area contributed by atoms with Gasteiger partial charge in [0.1, 0.15) is 0 Å². The first-order valence-electron chi connectivity index (χ1n) is 23.9. The molecule has 0 bridgehead atoms. The molecular weight excluding hydrogens is 794 g/mol. The van der Waals surface area contributed by atoms with E-state index >= 15 is 14.4 Å². The van der Waals surface area contributed by atoms with Crippen LogP contribution >= 0.6 is 0 Å². The number of hydrogen-bond donors (Lipinski definition) is 0. The number of unbranched alkanes of at least 4 members (excludes halogenated alkanes) is 6. The van der Waals surface area contributed by atoms with Crippen LogP contribution in [0.2, 0.25) is 0 Å². The van der Waals surface area contributed by atoms with Gasteiger partial charge >= 0.3 is 353 Å². The average molecular weight is 888 g/mol. The first kappa shape index (κ1) is 54.2. The quantitative estimate of drug-likeness (QED) is 0.0583. The summed E-state index contributed by atoms with van der Waals surface area (Å²) < 4.78 is 19.9. The van der Waals surface area contributed by atoms with E-state index in [4.69, 9.17) is 9.05 Å². The molecular formula is C48H93O6Sb. The zero-order valence-electron chi connectivity index (χ0n) is 38.7. The molecule has 0 saturated carbocycles. The van der Waals surface area contributed by atoms with E-state index in [1.807, 2.05) is 0 Å². The minimum atomic E-state index is -4.29. The van der Waals surface area contributed by atoms with Crippen LogP contribution in [-0.2, 0) is 23.4 Å². The number of carbonyl (C=O) groups excluding carboxylic acids is 3. The van der Waals surface area contributed by atoms with Crippen molar-refractivity contribution >= 4 is 39.4 Å². The Kier molecular flexibility index (Phi) is 30.8. The van der Waals surface area contributed by atoms with E-state index in [-0.39, 0.29) is 35.7 Å². The molecule has 0 aromatic rings. The summed E-state index contributed by atoms with van der Waals surface area (Å²) in [6, 6.07) is 0. The molecule has 55 heavy (non-hydrogen) atoms. The maximum atomic E-state index is 15.0.